The number of amides is 2. The zero-order valence-corrected chi connectivity index (χ0v) is 19.7. The Hall–Kier alpha value is -1.54. The number of hydrogen-bond donors (Lipinski definition) is 1. The lowest BCUT2D eigenvalue weighted by Gasteiger charge is -2.48. The lowest BCUT2D eigenvalue weighted by atomic mass is 9.62. The Balaban J connectivity index is 2.62. The molecule has 1 saturated carbocycles. The highest BCUT2D eigenvalue weighted by molar-refractivity contribution is 5.68. The Morgan fingerprint density at radius 2 is 1.48 bits per heavy atom. The highest BCUT2D eigenvalue weighted by Crippen LogP contribution is 2.47. The first-order valence-electron chi connectivity index (χ1n) is 10.4. The summed E-state index contributed by atoms with van der Waals surface area (Å²) in [6.45, 7) is 9.28. The molecule has 1 N–H and O–H groups in total. The maximum Gasteiger partial charge on any atom is 0.409 e. The number of carbonyl (C=O) groups excluding carboxylic acids is 2. The molecule has 170 valence electrons. The molecule has 0 aromatic rings. The highest BCUT2D eigenvalue weighted by atomic mass is 16.6. The molecule has 0 aliphatic heterocycles. The van der Waals surface area contributed by atoms with Crippen molar-refractivity contribution in [2.45, 2.75) is 46.1 Å². The van der Waals surface area contributed by atoms with Crippen molar-refractivity contribution in [2.75, 3.05) is 68.1 Å². The van der Waals surface area contributed by atoms with E-state index in [1.54, 1.807) is 4.90 Å². The van der Waals surface area contributed by atoms with Gasteiger partial charge in [0.2, 0.25) is 0 Å². The molecule has 1 aliphatic carbocycles. The number of carbonyl (C=O) groups is 2. The number of nitrogens with one attached hydrogen (secondary N) is 1. The molecule has 0 spiro atoms. The Kier molecular flexibility index (Phi) is 9.68. The van der Waals surface area contributed by atoms with Crippen molar-refractivity contribution in [1.82, 2.24) is 20.0 Å². The maximum absolute atomic E-state index is 12.5. The fourth-order valence-corrected chi connectivity index (χ4v) is 4.21. The van der Waals surface area contributed by atoms with Gasteiger partial charge in [0.25, 0.3) is 0 Å². The van der Waals surface area contributed by atoms with E-state index < -0.39 is 0 Å². The molecule has 1 rings (SSSR count). The van der Waals surface area contributed by atoms with Gasteiger partial charge in [-0.05, 0) is 58.3 Å². The Labute approximate surface area is 176 Å². The van der Waals surface area contributed by atoms with Gasteiger partial charge < -0.3 is 29.5 Å². The van der Waals surface area contributed by atoms with E-state index in [0.29, 0.717) is 32.8 Å². The first-order chi connectivity index (χ1) is 13.3. The SMILES string of the molecule is CN(C)CCOC(=O)NCC1(C)CC(N(C)C(=O)OCCN(C)C)CC(C)(C)C1. The molecule has 0 aromatic carbocycles. The Morgan fingerprint density at radius 1 is 0.931 bits per heavy atom. The fraction of sp³-hybridized carbons (Fsp3) is 0.905. The van der Waals surface area contributed by atoms with E-state index in [0.717, 1.165) is 19.3 Å². The molecule has 0 bridgehead atoms. The summed E-state index contributed by atoms with van der Waals surface area (Å²) in [5.41, 5.74) is -0.0580. The minimum Gasteiger partial charge on any atom is -0.448 e. The van der Waals surface area contributed by atoms with Crippen molar-refractivity contribution in [3.05, 3.63) is 0 Å². The average molecular weight is 415 g/mol. The van der Waals surface area contributed by atoms with Crippen LogP contribution in [0.2, 0.25) is 0 Å². The van der Waals surface area contributed by atoms with Crippen LogP contribution in [0.25, 0.3) is 0 Å². The largest absolute Gasteiger partial charge is 0.448 e. The summed E-state index contributed by atoms with van der Waals surface area (Å²) in [6.07, 6.45) is 2.03. The summed E-state index contributed by atoms with van der Waals surface area (Å²) in [4.78, 5) is 30.2. The van der Waals surface area contributed by atoms with Crippen molar-refractivity contribution < 1.29 is 19.1 Å². The third-order valence-electron chi connectivity index (χ3n) is 5.45. The van der Waals surface area contributed by atoms with Crippen LogP contribution in [0.5, 0.6) is 0 Å². The van der Waals surface area contributed by atoms with Crippen LogP contribution < -0.4 is 5.32 Å². The van der Waals surface area contributed by atoms with Crippen molar-refractivity contribution in [3.63, 3.8) is 0 Å². The molecule has 29 heavy (non-hydrogen) atoms. The number of rotatable bonds is 9. The molecule has 1 aliphatic rings. The smallest absolute Gasteiger partial charge is 0.409 e. The predicted molar refractivity (Wildman–Crippen MR) is 115 cm³/mol. The van der Waals surface area contributed by atoms with E-state index in [2.05, 4.69) is 26.1 Å². The molecule has 8 heteroatoms. The number of alkyl carbamates (subject to hydrolysis) is 1. The average Bonchev–Trinajstić information content (AvgIpc) is 2.57. The third kappa shape index (κ3) is 9.67. The summed E-state index contributed by atoms with van der Waals surface area (Å²) in [7, 11) is 9.59. The number of nitrogens with zero attached hydrogens (tertiary/aromatic N) is 3. The van der Waals surface area contributed by atoms with E-state index in [1.165, 1.54) is 0 Å². The monoisotopic (exact) mass is 414 g/mol. The maximum atomic E-state index is 12.5. The normalized spacial score (nSPS) is 23.7. The number of hydrogen-bond acceptors (Lipinski definition) is 6. The summed E-state index contributed by atoms with van der Waals surface area (Å²) >= 11 is 0. The quantitative estimate of drug-likeness (QED) is 0.625. The van der Waals surface area contributed by atoms with E-state index in [9.17, 15) is 9.59 Å². The van der Waals surface area contributed by atoms with Gasteiger partial charge in [-0.25, -0.2) is 9.59 Å². The van der Waals surface area contributed by atoms with E-state index in [4.69, 9.17) is 9.47 Å². The van der Waals surface area contributed by atoms with Crippen molar-refractivity contribution in [2.24, 2.45) is 10.8 Å². The van der Waals surface area contributed by atoms with Gasteiger partial charge in [0, 0.05) is 32.7 Å². The molecular formula is C21H42N4O4. The molecule has 2 unspecified atom stereocenters. The zero-order valence-electron chi connectivity index (χ0n) is 19.7. The van der Waals surface area contributed by atoms with Gasteiger partial charge >= 0.3 is 12.2 Å². The zero-order chi connectivity index (χ0) is 22.2. The van der Waals surface area contributed by atoms with E-state index in [1.807, 2.05) is 45.0 Å². The highest BCUT2D eigenvalue weighted by Gasteiger charge is 2.43. The van der Waals surface area contributed by atoms with Gasteiger partial charge in [-0.3, -0.25) is 0 Å². The molecule has 1 fully saturated rings. The molecule has 0 saturated heterocycles. The van der Waals surface area contributed by atoms with Crippen molar-refractivity contribution >= 4 is 12.2 Å². The first-order valence-corrected chi connectivity index (χ1v) is 10.4. The van der Waals surface area contributed by atoms with Gasteiger partial charge in [0.05, 0.1) is 0 Å². The Bertz CT molecular complexity index is 539. The van der Waals surface area contributed by atoms with Crippen molar-refractivity contribution in [3.8, 4) is 0 Å². The van der Waals surface area contributed by atoms with Crippen LogP contribution in [0.3, 0.4) is 0 Å². The fourth-order valence-electron chi connectivity index (χ4n) is 4.21. The summed E-state index contributed by atoms with van der Waals surface area (Å²) in [6, 6.07) is 0.0715. The van der Waals surface area contributed by atoms with E-state index >= 15 is 0 Å². The predicted octanol–water partition coefficient (Wildman–Crippen LogP) is 2.49. The minimum absolute atomic E-state index is 0.0619. The van der Waals surface area contributed by atoms with Gasteiger partial charge in [-0.2, -0.15) is 0 Å². The molecule has 8 nitrogen and oxygen atoms in total. The van der Waals surface area contributed by atoms with E-state index in [-0.39, 0.29) is 29.1 Å². The first kappa shape index (κ1) is 25.5. The summed E-state index contributed by atoms with van der Waals surface area (Å²) in [5.74, 6) is 0. The number of ether oxygens (including phenoxy) is 2. The van der Waals surface area contributed by atoms with Crippen LogP contribution in [0.4, 0.5) is 9.59 Å². The topological polar surface area (TPSA) is 74.3 Å². The lowest BCUT2D eigenvalue weighted by molar-refractivity contribution is 0.0180. The van der Waals surface area contributed by atoms with Gasteiger partial charge in [0.1, 0.15) is 13.2 Å². The Morgan fingerprint density at radius 3 is 2.03 bits per heavy atom. The minimum atomic E-state index is -0.385. The third-order valence-corrected chi connectivity index (χ3v) is 5.45. The molecule has 2 atom stereocenters. The molecular weight excluding hydrogens is 372 g/mol. The summed E-state index contributed by atoms with van der Waals surface area (Å²) < 4.78 is 10.7. The summed E-state index contributed by atoms with van der Waals surface area (Å²) in [5, 5.41) is 2.92. The van der Waals surface area contributed by atoms with Gasteiger partial charge in [0.15, 0.2) is 0 Å². The standard InChI is InChI=1S/C21H42N4O4/c1-20(2)13-17(25(8)19(27)29-12-10-24(6)7)14-21(3,15-20)16-22-18(26)28-11-9-23(4)5/h17H,9-16H2,1-8H3,(H,22,26). The van der Waals surface area contributed by atoms with Gasteiger partial charge in [-0.1, -0.05) is 20.8 Å². The second kappa shape index (κ2) is 11.0. The second-order valence-corrected chi connectivity index (χ2v) is 10.0. The van der Waals surface area contributed by atoms with Crippen LogP contribution in [0, 0.1) is 10.8 Å². The lowest BCUT2D eigenvalue weighted by Crippen LogP contribution is -2.51. The van der Waals surface area contributed by atoms with Crippen LogP contribution in [-0.4, -0.2) is 101 Å². The molecule has 0 radical (unpaired) electrons. The van der Waals surface area contributed by atoms with Crippen LogP contribution >= 0.6 is 0 Å². The molecule has 0 aromatic heterocycles. The number of likely N-dealkylation sites (N-methyl/N-ethyl adjacent to an activating group) is 2. The van der Waals surface area contributed by atoms with Crippen molar-refractivity contribution in [1.29, 1.82) is 0 Å². The second-order valence-electron chi connectivity index (χ2n) is 10.0. The van der Waals surface area contributed by atoms with Crippen LogP contribution in [-0.2, 0) is 9.47 Å². The van der Waals surface area contributed by atoms with Gasteiger partial charge in [-0.15, -0.1) is 0 Å². The molecule has 2 amide bonds. The van der Waals surface area contributed by atoms with Crippen LogP contribution in [0.15, 0.2) is 0 Å². The van der Waals surface area contributed by atoms with Crippen LogP contribution in [0.1, 0.15) is 40.0 Å². The molecule has 0 heterocycles.